The highest BCUT2D eigenvalue weighted by molar-refractivity contribution is 7.15. The number of hydrogen-bond acceptors (Lipinski definition) is 6. The molecule has 0 fully saturated rings. The number of thiazole rings is 1. The second kappa shape index (κ2) is 6.34. The molecule has 2 rings (SSSR count). The smallest absolute Gasteiger partial charge is 0.226 e. The van der Waals surface area contributed by atoms with Gasteiger partial charge in [-0.15, -0.1) is 11.3 Å². The number of carbonyl (C=O) groups excluding carboxylic acids is 1. The first-order chi connectivity index (χ1) is 9.84. The summed E-state index contributed by atoms with van der Waals surface area (Å²) in [6.45, 7) is 8.05. The van der Waals surface area contributed by atoms with E-state index in [1.54, 1.807) is 6.20 Å². The largest absolute Gasteiger partial charge is 0.339 e. The van der Waals surface area contributed by atoms with Crippen LogP contribution in [0.4, 0.5) is 5.13 Å². The van der Waals surface area contributed by atoms with Crippen LogP contribution in [0, 0.1) is 6.92 Å². The van der Waals surface area contributed by atoms with Crippen LogP contribution >= 0.6 is 11.3 Å². The van der Waals surface area contributed by atoms with E-state index in [0.717, 1.165) is 4.88 Å². The predicted octanol–water partition coefficient (Wildman–Crippen LogP) is 3.09. The number of nitrogens with zero attached hydrogens (tertiary/aromatic N) is 3. The molecule has 2 heterocycles. The molecule has 0 atom stereocenters. The molecule has 21 heavy (non-hydrogen) atoms. The van der Waals surface area contributed by atoms with Crippen molar-refractivity contribution in [1.29, 1.82) is 0 Å². The first kappa shape index (κ1) is 15.6. The van der Waals surface area contributed by atoms with Crippen LogP contribution < -0.4 is 5.32 Å². The van der Waals surface area contributed by atoms with E-state index in [9.17, 15) is 4.79 Å². The molecule has 0 aromatic carbocycles. The van der Waals surface area contributed by atoms with Crippen molar-refractivity contribution in [2.45, 2.75) is 52.4 Å². The van der Waals surface area contributed by atoms with Crippen molar-refractivity contribution >= 4 is 22.4 Å². The topological polar surface area (TPSA) is 80.9 Å². The Morgan fingerprint density at radius 1 is 1.43 bits per heavy atom. The van der Waals surface area contributed by atoms with E-state index >= 15 is 0 Å². The zero-order valence-electron chi connectivity index (χ0n) is 12.8. The summed E-state index contributed by atoms with van der Waals surface area (Å²) in [5, 5.41) is 7.38. The summed E-state index contributed by atoms with van der Waals surface area (Å²) in [5.41, 5.74) is -0.123. The maximum Gasteiger partial charge on any atom is 0.226 e. The number of rotatable bonds is 5. The molecular formula is C14H20N4O2S. The number of aryl methyl sites for hydroxylation is 2. The lowest BCUT2D eigenvalue weighted by Gasteiger charge is -2.10. The van der Waals surface area contributed by atoms with Gasteiger partial charge in [0.05, 0.1) is 0 Å². The first-order valence-corrected chi connectivity index (χ1v) is 7.71. The summed E-state index contributed by atoms with van der Waals surface area (Å²) >= 11 is 1.47. The third-order valence-corrected chi connectivity index (χ3v) is 3.63. The lowest BCUT2D eigenvalue weighted by atomic mass is 9.96. The summed E-state index contributed by atoms with van der Waals surface area (Å²) in [7, 11) is 0. The monoisotopic (exact) mass is 308 g/mol. The van der Waals surface area contributed by atoms with Crippen LogP contribution in [0.1, 0.15) is 50.2 Å². The second-order valence-electron chi connectivity index (χ2n) is 5.94. The van der Waals surface area contributed by atoms with Crippen LogP contribution in [-0.4, -0.2) is 21.0 Å². The van der Waals surface area contributed by atoms with Crippen molar-refractivity contribution < 1.29 is 9.32 Å². The van der Waals surface area contributed by atoms with Gasteiger partial charge in [0.1, 0.15) is 0 Å². The van der Waals surface area contributed by atoms with Crippen LogP contribution in [0.5, 0.6) is 0 Å². The van der Waals surface area contributed by atoms with Crippen molar-refractivity contribution in [3.05, 3.63) is 22.8 Å². The van der Waals surface area contributed by atoms with Crippen molar-refractivity contribution in [1.82, 2.24) is 15.1 Å². The highest BCUT2D eigenvalue weighted by Crippen LogP contribution is 2.19. The fourth-order valence-electron chi connectivity index (χ4n) is 1.66. The van der Waals surface area contributed by atoms with Gasteiger partial charge in [-0.05, 0) is 13.3 Å². The van der Waals surface area contributed by atoms with Crippen molar-refractivity contribution in [3.8, 4) is 0 Å². The highest BCUT2D eigenvalue weighted by Gasteiger charge is 2.20. The summed E-state index contributed by atoms with van der Waals surface area (Å²) in [6.07, 6.45) is 3.42. The number of anilines is 1. The molecule has 1 amide bonds. The normalized spacial score (nSPS) is 11.6. The standard InChI is InChI=1S/C14H20N4O2S/c1-9-8-15-13(21-9)16-10(19)6-5-7-11-17-12(18-20-11)14(2,3)4/h8H,5-7H2,1-4H3,(H,15,16,19). The first-order valence-electron chi connectivity index (χ1n) is 6.90. The predicted molar refractivity (Wildman–Crippen MR) is 81.4 cm³/mol. The average Bonchev–Trinajstić information content (AvgIpc) is 2.98. The molecule has 7 heteroatoms. The highest BCUT2D eigenvalue weighted by atomic mass is 32.1. The SMILES string of the molecule is Cc1cnc(NC(=O)CCCc2nc(C(C)(C)C)no2)s1. The van der Waals surface area contributed by atoms with Crippen molar-refractivity contribution in [3.63, 3.8) is 0 Å². The molecule has 0 aliphatic carbocycles. The van der Waals surface area contributed by atoms with E-state index in [4.69, 9.17) is 4.52 Å². The molecule has 2 aromatic heterocycles. The second-order valence-corrected chi connectivity index (χ2v) is 7.17. The average molecular weight is 308 g/mol. The Balaban J connectivity index is 1.76. The minimum absolute atomic E-state index is 0.0417. The number of aromatic nitrogens is 3. The zero-order chi connectivity index (χ0) is 15.5. The Labute approximate surface area is 128 Å². The summed E-state index contributed by atoms with van der Waals surface area (Å²) in [6, 6.07) is 0. The quantitative estimate of drug-likeness (QED) is 0.918. The van der Waals surface area contributed by atoms with Gasteiger partial charge in [0, 0.05) is 29.3 Å². The molecular weight excluding hydrogens is 288 g/mol. The zero-order valence-corrected chi connectivity index (χ0v) is 13.6. The summed E-state index contributed by atoms with van der Waals surface area (Å²) in [5.74, 6) is 1.23. The Bertz CT molecular complexity index is 613. The van der Waals surface area contributed by atoms with Gasteiger partial charge in [-0.1, -0.05) is 25.9 Å². The van der Waals surface area contributed by atoms with Crippen LogP contribution in [0.25, 0.3) is 0 Å². The Morgan fingerprint density at radius 3 is 2.76 bits per heavy atom. The Kier molecular flexibility index (Phi) is 4.72. The summed E-state index contributed by atoms with van der Waals surface area (Å²) in [4.78, 5) is 21.3. The molecule has 0 saturated heterocycles. The minimum Gasteiger partial charge on any atom is -0.339 e. The van der Waals surface area contributed by atoms with Crippen LogP contribution in [0.3, 0.4) is 0 Å². The third kappa shape index (κ3) is 4.63. The number of carbonyl (C=O) groups is 1. The van der Waals surface area contributed by atoms with E-state index in [-0.39, 0.29) is 11.3 Å². The maximum atomic E-state index is 11.8. The molecule has 0 bridgehead atoms. The molecule has 0 saturated carbocycles. The fourth-order valence-corrected chi connectivity index (χ4v) is 2.34. The summed E-state index contributed by atoms with van der Waals surface area (Å²) < 4.78 is 5.19. The van der Waals surface area contributed by atoms with Gasteiger partial charge in [0.15, 0.2) is 11.0 Å². The van der Waals surface area contributed by atoms with Crippen molar-refractivity contribution in [2.24, 2.45) is 0 Å². The molecule has 2 aromatic rings. The third-order valence-electron chi connectivity index (χ3n) is 2.80. The van der Waals surface area contributed by atoms with Crippen LogP contribution in [-0.2, 0) is 16.6 Å². The minimum atomic E-state index is -0.123. The lowest BCUT2D eigenvalue weighted by molar-refractivity contribution is -0.116. The molecule has 6 nitrogen and oxygen atoms in total. The van der Waals surface area contributed by atoms with Gasteiger partial charge in [-0.2, -0.15) is 4.98 Å². The van der Waals surface area contributed by atoms with Crippen LogP contribution in [0.15, 0.2) is 10.7 Å². The number of nitrogens with one attached hydrogen (secondary N) is 1. The fraction of sp³-hybridized carbons (Fsp3) is 0.571. The van der Waals surface area contributed by atoms with E-state index in [1.165, 1.54) is 11.3 Å². The molecule has 1 N–H and O–H groups in total. The molecule has 0 radical (unpaired) electrons. The molecule has 114 valence electrons. The van der Waals surface area contributed by atoms with Gasteiger partial charge in [0.2, 0.25) is 11.8 Å². The van der Waals surface area contributed by atoms with Gasteiger partial charge < -0.3 is 9.84 Å². The van der Waals surface area contributed by atoms with E-state index in [0.29, 0.717) is 36.1 Å². The van der Waals surface area contributed by atoms with Gasteiger partial charge >= 0.3 is 0 Å². The molecule has 0 aliphatic rings. The van der Waals surface area contributed by atoms with Gasteiger partial charge in [-0.3, -0.25) is 4.79 Å². The Hall–Kier alpha value is -1.76. The van der Waals surface area contributed by atoms with E-state index in [2.05, 4.69) is 20.4 Å². The molecule has 0 aliphatic heterocycles. The van der Waals surface area contributed by atoms with E-state index in [1.807, 2.05) is 27.7 Å². The molecule has 0 spiro atoms. The van der Waals surface area contributed by atoms with Gasteiger partial charge in [-0.25, -0.2) is 4.98 Å². The Morgan fingerprint density at radius 2 is 2.19 bits per heavy atom. The number of amides is 1. The lowest BCUT2D eigenvalue weighted by Crippen LogP contribution is -2.13. The molecule has 0 unspecified atom stereocenters. The maximum absolute atomic E-state index is 11.8. The van der Waals surface area contributed by atoms with Crippen LogP contribution in [0.2, 0.25) is 0 Å². The number of hydrogen-bond donors (Lipinski definition) is 1. The van der Waals surface area contributed by atoms with Crippen molar-refractivity contribution in [2.75, 3.05) is 5.32 Å². The van der Waals surface area contributed by atoms with E-state index < -0.39 is 0 Å². The van der Waals surface area contributed by atoms with Gasteiger partial charge in [0.25, 0.3) is 0 Å².